The number of nitrogens with zero attached hydrogens (tertiary/aromatic N) is 7. The highest BCUT2D eigenvalue weighted by Gasteiger charge is 2.13. The Labute approximate surface area is 113 Å². The van der Waals surface area contributed by atoms with Crippen molar-refractivity contribution in [2.24, 2.45) is 7.05 Å². The second-order valence-corrected chi connectivity index (χ2v) is 3.84. The summed E-state index contributed by atoms with van der Waals surface area (Å²) in [7, 11) is 1.49. The maximum absolute atomic E-state index is 11.9. The number of tetrazole rings is 1. The van der Waals surface area contributed by atoms with E-state index >= 15 is 0 Å². The standard InChI is InChI=1S/C10H10N8O2/c1-17-10(19)18(16-15-17)9-7(2-4-12-14-9)6-20-8-3-5-11-13-8/h2-5H,6H2,1H3,(H,11,13)/i/hT. The Bertz CT molecular complexity index is 822. The van der Waals surface area contributed by atoms with Crippen LogP contribution in [-0.2, 0) is 13.7 Å². The van der Waals surface area contributed by atoms with Gasteiger partial charge in [0.15, 0.2) is 7.23 Å². The number of aromatic nitrogens is 8. The molecule has 102 valence electrons. The third-order valence-electron chi connectivity index (χ3n) is 2.52. The van der Waals surface area contributed by atoms with E-state index in [0.717, 1.165) is 14.5 Å². The Morgan fingerprint density at radius 3 is 3.05 bits per heavy atom. The van der Waals surface area contributed by atoms with Crippen LogP contribution < -0.4 is 10.4 Å². The zero-order chi connectivity index (χ0) is 14.8. The lowest BCUT2D eigenvalue weighted by Crippen LogP contribution is -2.24. The number of nitrogens with one attached hydrogen (secondary N) is 1. The summed E-state index contributed by atoms with van der Waals surface area (Å²) in [6, 6.07) is 3.21. The van der Waals surface area contributed by atoms with Gasteiger partial charge in [0.1, 0.15) is 6.61 Å². The zero-order valence-corrected chi connectivity index (χ0v) is 10.4. The first-order valence-corrected chi connectivity index (χ1v) is 5.63. The van der Waals surface area contributed by atoms with E-state index in [1.807, 2.05) is 0 Å². The van der Waals surface area contributed by atoms with Gasteiger partial charge < -0.3 is 4.74 Å². The van der Waals surface area contributed by atoms with Crippen molar-refractivity contribution >= 4 is 0 Å². The van der Waals surface area contributed by atoms with Gasteiger partial charge in [-0.05, 0) is 16.5 Å². The van der Waals surface area contributed by atoms with E-state index in [-0.39, 0.29) is 12.4 Å². The minimum Gasteiger partial charge on any atom is -0.472 e. The Balaban J connectivity index is 1.89. The molecule has 0 saturated heterocycles. The molecule has 0 saturated carbocycles. The normalized spacial score (nSPS) is 11.3. The van der Waals surface area contributed by atoms with Crippen molar-refractivity contribution in [3.05, 3.63) is 40.6 Å². The van der Waals surface area contributed by atoms with Crippen molar-refractivity contribution in [1.29, 1.82) is 0 Å². The molecule has 0 unspecified atom stereocenters. The largest absolute Gasteiger partial charge is 0.472 e. The van der Waals surface area contributed by atoms with Crippen molar-refractivity contribution in [1.82, 2.24) is 40.2 Å². The average molecular weight is 276 g/mol. The van der Waals surface area contributed by atoms with Crippen LogP contribution in [0.1, 0.15) is 5.56 Å². The van der Waals surface area contributed by atoms with E-state index in [4.69, 9.17) is 6.15 Å². The topological polar surface area (TPSA) is 116 Å². The third kappa shape index (κ3) is 2.13. The summed E-state index contributed by atoms with van der Waals surface area (Å²) in [4.78, 5) is 11.9. The number of ether oxygens (including phenoxy) is 1. The number of hydrogen-bond donors (Lipinski definition) is 1. The molecule has 0 atom stereocenters. The predicted molar refractivity (Wildman–Crippen MR) is 65.1 cm³/mol. The summed E-state index contributed by atoms with van der Waals surface area (Å²) in [5, 5.41) is 19.6. The lowest BCUT2D eigenvalue weighted by atomic mass is 10.3. The van der Waals surface area contributed by atoms with Crippen LogP contribution in [0.15, 0.2) is 29.3 Å². The van der Waals surface area contributed by atoms with Crippen LogP contribution in [0.4, 0.5) is 0 Å². The molecule has 0 aliphatic rings. The molecule has 0 amide bonds. The molecule has 10 heteroatoms. The minimum absolute atomic E-state index is 0.102. The molecule has 3 heterocycles. The predicted octanol–water partition coefficient (Wildman–Crippen LogP) is -0.942. The van der Waals surface area contributed by atoms with Gasteiger partial charge in [0.2, 0.25) is 5.88 Å². The molecule has 0 aliphatic heterocycles. The van der Waals surface area contributed by atoms with Gasteiger partial charge >= 0.3 is 5.69 Å². The molecule has 0 aromatic carbocycles. The van der Waals surface area contributed by atoms with E-state index < -0.39 is 5.69 Å². The molecule has 3 rings (SSSR count). The summed E-state index contributed by atoms with van der Waals surface area (Å²) in [6.45, 7) is 0.102. The Morgan fingerprint density at radius 2 is 2.35 bits per heavy atom. The van der Waals surface area contributed by atoms with Gasteiger partial charge in [-0.15, -0.1) is 14.9 Å². The van der Waals surface area contributed by atoms with Crippen LogP contribution in [-0.4, -0.2) is 40.2 Å². The summed E-state index contributed by atoms with van der Waals surface area (Å²) in [6.07, 6.45) is 2.92. The molecular formula is C10H10N8O2. The summed E-state index contributed by atoms with van der Waals surface area (Å²) in [5.74, 6) is 0.528. The van der Waals surface area contributed by atoms with E-state index in [0.29, 0.717) is 11.4 Å². The molecule has 0 bridgehead atoms. The first-order chi connectivity index (χ1) is 10.1. The molecule has 0 radical (unpaired) electrons. The number of H-pyrrole nitrogens is 1. The van der Waals surface area contributed by atoms with Crippen LogP contribution in [0.2, 0.25) is 1.41 Å². The smallest absolute Gasteiger partial charge is 0.369 e. The van der Waals surface area contributed by atoms with E-state index in [9.17, 15) is 4.79 Å². The molecular weight excluding hydrogens is 264 g/mol. The highest BCUT2D eigenvalue weighted by atomic mass is 16.5. The third-order valence-corrected chi connectivity index (χ3v) is 2.52. The van der Waals surface area contributed by atoms with Crippen molar-refractivity contribution in [3.8, 4) is 11.7 Å². The SMILES string of the molecule is [3H]n1ccc(OCc2ccnnc2-n2nnn(C)c2=O)n1. The number of aromatic amines is 1. The van der Waals surface area contributed by atoms with Crippen molar-refractivity contribution in [2.75, 3.05) is 0 Å². The van der Waals surface area contributed by atoms with Crippen molar-refractivity contribution in [2.45, 2.75) is 6.61 Å². The minimum atomic E-state index is -0.438. The molecule has 0 fully saturated rings. The van der Waals surface area contributed by atoms with Gasteiger partial charge in [-0.3, -0.25) is 5.09 Å². The van der Waals surface area contributed by atoms with Crippen LogP contribution in [0, 0.1) is 0 Å². The fourth-order valence-electron chi connectivity index (χ4n) is 1.54. The Morgan fingerprint density at radius 1 is 1.45 bits per heavy atom. The Kier molecular flexibility index (Phi) is 2.66. The summed E-state index contributed by atoms with van der Waals surface area (Å²) in [5.41, 5.74) is 0.152. The zero-order valence-electron chi connectivity index (χ0n) is 11.4. The second-order valence-electron chi connectivity index (χ2n) is 3.84. The number of rotatable bonds is 4. The number of aryl methyl sites for hydroxylation is 1. The molecule has 3 aromatic rings. The Hall–Kier alpha value is -3.04. The highest BCUT2D eigenvalue weighted by Crippen LogP contribution is 2.11. The lowest BCUT2D eigenvalue weighted by Gasteiger charge is -2.06. The second kappa shape index (κ2) is 4.91. The maximum atomic E-state index is 11.9. The molecule has 0 spiro atoms. The highest BCUT2D eigenvalue weighted by molar-refractivity contribution is 5.29. The van der Waals surface area contributed by atoms with Gasteiger partial charge in [-0.25, -0.2) is 4.79 Å². The van der Waals surface area contributed by atoms with Gasteiger partial charge in [-0.1, -0.05) is 0 Å². The number of hydrogen-bond acceptors (Lipinski definition) is 7. The quantitative estimate of drug-likeness (QED) is 0.653. The van der Waals surface area contributed by atoms with Crippen LogP contribution in [0.25, 0.3) is 5.82 Å². The molecule has 3 aromatic heterocycles. The fraction of sp³-hybridized carbons (Fsp3) is 0.200. The van der Waals surface area contributed by atoms with Crippen LogP contribution >= 0.6 is 0 Å². The first-order valence-electron chi connectivity index (χ1n) is 6.07. The van der Waals surface area contributed by atoms with Gasteiger partial charge in [0.05, 0.1) is 6.20 Å². The van der Waals surface area contributed by atoms with Gasteiger partial charge in [0.25, 0.3) is 0 Å². The molecule has 1 N–H and O–H groups in total. The summed E-state index contributed by atoms with van der Waals surface area (Å²) >= 11 is 0. The summed E-state index contributed by atoms with van der Waals surface area (Å²) < 4.78 is 14.8. The van der Waals surface area contributed by atoms with Crippen molar-refractivity contribution < 1.29 is 6.15 Å². The molecule has 10 nitrogen and oxygen atoms in total. The maximum Gasteiger partial charge on any atom is 0.369 e. The van der Waals surface area contributed by atoms with E-state index in [1.54, 1.807) is 12.1 Å². The average Bonchev–Trinajstić information content (AvgIpc) is 3.04. The lowest BCUT2D eigenvalue weighted by molar-refractivity contribution is 0.292. The van der Waals surface area contributed by atoms with Crippen LogP contribution in [0.3, 0.4) is 0 Å². The molecule has 20 heavy (non-hydrogen) atoms. The van der Waals surface area contributed by atoms with Gasteiger partial charge in [0, 0.05) is 24.9 Å². The molecule has 0 aliphatic carbocycles. The first kappa shape index (κ1) is 10.8. The van der Waals surface area contributed by atoms with Gasteiger partial charge in [-0.2, -0.15) is 9.78 Å². The van der Waals surface area contributed by atoms with Crippen LogP contribution in [0.5, 0.6) is 5.88 Å². The fourth-order valence-corrected chi connectivity index (χ4v) is 1.54. The van der Waals surface area contributed by atoms with Crippen molar-refractivity contribution in [3.63, 3.8) is 0 Å². The van der Waals surface area contributed by atoms with E-state index in [2.05, 4.69) is 25.7 Å². The van der Waals surface area contributed by atoms with E-state index in [1.165, 1.54) is 19.4 Å². The monoisotopic (exact) mass is 276 g/mol.